The van der Waals surface area contributed by atoms with E-state index in [-0.39, 0.29) is 11.8 Å². The highest BCUT2D eigenvalue weighted by Crippen LogP contribution is 2.15. The van der Waals surface area contributed by atoms with Gasteiger partial charge in [-0.2, -0.15) is 0 Å². The highest BCUT2D eigenvalue weighted by atomic mass is 16.2. The van der Waals surface area contributed by atoms with Crippen molar-refractivity contribution in [2.24, 2.45) is 0 Å². The van der Waals surface area contributed by atoms with Gasteiger partial charge in [-0.3, -0.25) is 9.59 Å². The molecule has 1 aliphatic heterocycles. The van der Waals surface area contributed by atoms with Crippen molar-refractivity contribution in [1.29, 1.82) is 0 Å². The minimum atomic E-state index is -0.255. The van der Waals surface area contributed by atoms with Crippen LogP contribution in [0.2, 0.25) is 0 Å². The van der Waals surface area contributed by atoms with Gasteiger partial charge in [-0.25, -0.2) is 0 Å². The van der Waals surface area contributed by atoms with Crippen molar-refractivity contribution in [3.63, 3.8) is 0 Å². The summed E-state index contributed by atoms with van der Waals surface area (Å²) >= 11 is 0. The standard InChI is InChI=1S/C15H18N2O2/c1-2-14(18)16-13-8-6-12(7-9-13)15(19)17-10-4-3-5-11-17/h2,6-9H,1,3-5,10-11H2,(H,16,18). The molecule has 4 heteroatoms. The predicted octanol–water partition coefficient (Wildman–Crippen LogP) is 2.44. The van der Waals surface area contributed by atoms with E-state index < -0.39 is 0 Å². The van der Waals surface area contributed by atoms with Crippen LogP contribution in [0.5, 0.6) is 0 Å². The van der Waals surface area contributed by atoms with Crippen molar-refractivity contribution in [3.8, 4) is 0 Å². The fraction of sp³-hybridized carbons (Fsp3) is 0.333. The lowest BCUT2D eigenvalue weighted by Crippen LogP contribution is -2.35. The largest absolute Gasteiger partial charge is 0.339 e. The number of carbonyl (C=O) groups excluding carboxylic acids is 2. The summed E-state index contributed by atoms with van der Waals surface area (Å²) < 4.78 is 0. The minimum absolute atomic E-state index is 0.0706. The normalized spacial score (nSPS) is 14.8. The molecule has 1 N–H and O–H groups in total. The highest BCUT2D eigenvalue weighted by Gasteiger charge is 2.17. The van der Waals surface area contributed by atoms with Gasteiger partial charge in [0.25, 0.3) is 5.91 Å². The third kappa shape index (κ3) is 3.44. The second-order valence-electron chi connectivity index (χ2n) is 4.62. The molecule has 0 saturated carbocycles. The summed E-state index contributed by atoms with van der Waals surface area (Å²) in [5.74, 6) is -0.184. The Kier molecular flexibility index (Phi) is 4.34. The van der Waals surface area contributed by atoms with Crippen LogP contribution in [-0.4, -0.2) is 29.8 Å². The van der Waals surface area contributed by atoms with E-state index in [1.54, 1.807) is 24.3 Å². The first-order valence-electron chi connectivity index (χ1n) is 6.53. The van der Waals surface area contributed by atoms with Crippen LogP contribution in [0.1, 0.15) is 29.6 Å². The van der Waals surface area contributed by atoms with Gasteiger partial charge >= 0.3 is 0 Å². The number of piperidine rings is 1. The Labute approximate surface area is 113 Å². The number of hydrogen-bond donors (Lipinski definition) is 1. The zero-order valence-electron chi connectivity index (χ0n) is 10.9. The molecule has 2 rings (SSSR count). The number of nitrogens with one attached hydrogen (secondary N) is 1. The first-order chi connectivity index (χ1) is 9.20. The Bertz CT molecular complexity index is 473. The van der Waals surface area contributed by atoms with Crippen molar-refractivity contribution >= 4 is 17.5 Å². The van der Waals surface area contributed by atoms with E-state index in [4.69, 9.17) is 0 Å². The van der Waals surface area contributed by atoms with Crippen LogP contribution in [0, 0.1) is 0 Å². The fourth-order valence-electron chi connectivity index (χ4n) is 2.17. The van der Waals surface area contributed by atoms with Gasteiger partial charge < -0.3 is 10.2 Å². The zero-order chi connectivity index (χ0) is 13.7. The SMILES string of the molecule is C=CC(=O)Nc1ccc(C(=O)N2CCCCC2)cc1. The van der Waals surface area contributed by atoms with E-state index in [0.717, 1.165) is 25.9 Å². The molecule has 0 unspecified atom stereocenters. The maximum atomic E-state index is 12.2. The monoisotopic (exact) mass is 258 g/mol. The number of rotatable bonds is 3. The molecule has 19 heavy (non-hydrogen) atoms. The molecule has 4 nitrogen and oxygen atoms in total. The van der Waals surface area contributed by atoms with Crippen molar-refractivity contribution in [1.82, 2.24) is 4.90 Å². The van der Waals surface area contributed by atoms with E-state index in [9.17, 15) is 9.59 Å². The topological polar surface area (TPSA) is 49.4 Å². The molecule has 1 fully saturated rings. The Morgan fingerprint density at radius 2 is 1.74 bits per heavy atom. The molecule has 1 aliphatic rings. The molecule has 1 aromatic carbocycles. The number of likely N-dealkylation sites (tertiary alicyclic amines) is 1. The summed E-state index contributed by atoms with van der Waals surface area (Å²) in [6.45, 7) is 5.07. The maximum absolute atomic E-state index is 12.2. The Balaban J connectivity index is 2.02. The van der Waals surface area contributed by atoms with E-state index in [2.05, 4.69) is 11.9 Å². The molecule has 0 aliphatic carbocycles. The van der Waals surface area contributed by atoms with Gasteiger partial charge in [0.1, 0.15) is 0 Å². The summed E-state index contributed by atoms with van der Waals surface area (Å²) in [5, 5.41) is 2.66. The van der Waals surface area contributed by atoms with Crippen molar-refractivity contribution in [2.45, 2.75) is 19.3 Å². The molecular weight excluding hydrogens is 240 g/mol. The third-order valence-corrected chi connectivity index (χ3v) is 3.23. The molecule has 1 aromatic rings. The maximum Gasteiger partial charge on any atom is 0.253 e. The van der Waals surface area contributed by atoms with Crippen molar-refractivity contribution < 1.29 is 9.59 Å². The smallest absolute Gasteiger partial charge is 0.253 e. The summed E-state index contributed by atoms with van der Waals surface area (Å²) in [7, 11) is 0. The van der Waals surface area contributed by atoms with E-state index in [1.807, 2.05) is 4.90 Å². The summed E-state index contributed by atoms with van der Waals surface area (Å²) in [6, 6.07) is 6.96. The van der Waals surface area contributed by atoms with E-state index in [1.165, 1.54) is 12.5 Å². The van der Waals surface area contributed by atoms with Crippen LogP contribution in [0.4, 0.5) is 5.69 Å². The molecule has 0 bridgehead atoms. The molecule has 2 amide bonds. The Hall–Kier alpha value is -2.10. The predicted molar refractivity (Wildman–Crippen MR) is 75.0 cm³/mol. The lowest BCUT2D eigenvalue weighted by atomic mass is 10.1. The molecule has 1 saturated heterocycles. The van der Waals surface area contributed by atoms with Gasteiger partial charge in [-0.15, -0.1) is 0 Å². The first kappa shape index (κ1) is 13.3. The number of amides is 2. The number of anilines is 1. The fourth-order valence-corrected chi connectivity index (χ4v) is 2.17. The summed E-state index contributed by atoms with van der Waals surface area (Å²) in [6.07, 6.45) is 4.58. The van der Waals surface area contributed by atoms with E-state index >= 15 is 0 Å². The lowest BCUT2D eigenvalue weighted by Gasteiger charge is -2.26. The van der Waals surface area contributed by atoms with Gasteiger partial charge in [-0.05, 0) is 49.6 Å². The van der Waals surface area contributed by atoms with Crippen LogP contribution in [0.15, 0.2) is 36.9 Å². The number of hydrogen-bond acceptors (Lipinski definition) is 2. The van der Waals surface area contributed by atoms with Crippen LogP contribution in [0.25, 0.3) is 0 Å². The van der Waals surface area contributed by atoms with Gasteiger partial charge in [0.2, 0.25) is 5.91 Å². The second kappa shape index (κ2) is 6.18. The van der Waals surface area contributed by atoms with Gasteiger partial charge in [0.05, 0.1) is 0 Å². The van der Waals surface area contributed by atoms with Crippen molar-refractivity contribution in [3.05, 3.63) is 42.5 Å². The van der Waals surface area contributed by atoms with Crippen LogP contribution in [-0.2, 0) is 4.79 Å². The molecule has 1 heterocycles. The molecule has 100 valence electrons. The second-order valence-corrected chi connectivity index (χ2v) is 4.62. The number of benzene rings is 1. The average Bonchev–Trinajstić information content (AvgIpc) is 2.48. The zero-order valence-corrected chi connectivity index (χ0v) is 10.9. The Morgan fingerprint density at radius 1 is 1.11 bits per heavy atom. The first-order valence-corrected chi connectivity index (χ1v) is 6.53. The molecule has 0 radical (unpaired) electrons. The molecular formula is C15H18N2O2. The summed E-state index contributed by atoms with van der Waals surface area (Å²) in [5.41, 5.74) is 1.33. The van der Waals surface area contributed by atoms with Crippen LogP contribution in [0.3, 0.4) is 0 Å². The molecule has 0 spiro atoms. The van der Waals surface area contributed by atoms with Crippen LogP contribution < -0.4 is 5.32 Å². The van der Waals surface area contributed by atoms with Crippen LogP contribution >= 0.6 is 0 Å². The molecule has 0 aromatic heterocycles. The van der Waals surface area contributed by atoms with Gasteiger partial charge in [0.15, 0.2) is 0 Å². The average molecular weight is 258 g/mol. The quantitative estimate of drug-likeness (QED) is 0.846. The van der Waals surface area contributed by atoms with Gasteiger partial charge in [-0.1, -0.05) is 6.58 Å². The number of carbonyl (C=O) groups is 2. The highest BCUT2D eigenvalue weighted by molar-refractivity contribution is 5.99. The third-order valence-electron chi connectivity index (χ3n) is 3.23. The van der Waals surface area contributed by atoms with E-state index in [0.29, 0.717) is 11.3 Å². The van der Waals surface area contributed by atoms with Crippen molar-refractivity contribution in [2.75, 3.05) is 18.4 Å². The Morgan fingerprint density at radius 3 is 2.32 bits per heavy atom. The van der Waals surface area contributed by atoms with Gasteiger partial charge in [0, 0.05) is 24.3 Å². The number of nitrogens with zero attached hydrogens (tertiary/aromatic N) is 1. The minimum Gasteiger partial charge on any atom is -0.339 e. The molecule has 0 atom stereocenters. The summed E-state index contributed by atoms with van der Waals surface area (Å²) in [4.78, 5) is 25.2. The lowest BCUT2D eigenvalue weighted by molar-refractivity contribution is -0.111.